The van der Waals surface area contributed by atoms with E-state index in [-0.39, 0.29) is 5.41 Å². The fourth-order valence-corrected chi connectivity index (χ4v) is 2.48. The Balaban J connectivity index is 3.09. The molecule has 0 aliphatic heterocycles. The number of carbonyl (C=O) groups excluding carboxylic acids is 1. The quantitative estimate of drug-likeness (QED) is 0.588. The van der Waals surface area contributed by atoms with Gasteiger partial charge in [-0.1, -0.05) is 51.5 Å². The molecule has 1 aliphatic carbocycles. The molecule has 16 heavy (non-hydrogen) atoms. The predicted octanol–water partition coefficient (Wildman–Crippen LogP) is 3.33. The van der Waals surface area contributed by atoms with Gasteiger partial charge in [0.15, 0.2) is 0 Å². The topological polar surface area (TPSA) is 46.5 Å². The van der Waals surface area contributed by atoms with Crippen molar-refractivity contribution in [1.82, 2.24) is 0 Å². The molecule has 1 aliphatic rings. The third-order valence-electron chi connectivity index (χ3n) is 3.60. The molecular weight excluding hydrogens is 204 g/mol. The van der Waals surface area contributed by atoms with Crippen molar-refractivity contribution in [3.05, 3.63) is 24.3 Å². The summed E-state index contributed by atoms with van der Waals surface area (Å²) >= 11 is 0. The molecule has 0 bridgehead atoms. The normalized spacial score (nSPS) is 24.5. The zero-order valence-electron chi connectivity index (χ0n) is 10.2. The van der Waals surface area contributed by atoms with Crippen molar-refractivity contribution < 1.29 is 14.9 Å². The zero-order valence-corrected chi connectivity index (χ0v) is 10.2. The molecule has 0 aromatic rings. The third kappa shape index (κ3) is 2.05. The van der Waals surface area contributed by atoms with Gasteiger partial charge in [0.2, 0.25) is 0 Å². The molecule has 0 heterocycles. The highest BCUT2D eigenvalue weighted by Gasteiger charge is 2.49. The maximum atomic E-state index is 11.9. The largest absolute Gasteiger partial charge is 0.352 e. The Morgan fingerprint density at radius 2 is 2.19 bits per heavy atom. The molecule has 1 unspecified atom stereocenters. The summed E-state index contributed by atoms with van der Waals surface area (Å²) < 4.78 is 0. The number of hydrogen-bond donors (Lipinski definition) is 1. The lowest BCUT2D eigenvalue weighted by atomic mass is 9.60. The highest BCUT2D eigenvalue weighted by Crippen LogP contribution is 2.48. The third-order valence-corrected chi connectivity index (χ3v) is 3.60. The van der Waals surface area contributed by atoms with Crippen molar-refractivity contribution in [2.24, 2.45) is 10.8 Å². The van der Waals surface area contributed by atoms with Crippen LogP contribution in [0.1, 0.15) is 40.0 Å². The van der Waals surface area contributed by atoms with E-state index in [2.05, 4.69) is 11.8 Å². The Bertz CT molecular complexity index is 315. The molecule has 1 N–H and O–H groups in total. The SMILES string of the molecule is CCCC(C)(C)C1(C(=O)OO)C=CC=CC1. The van der Waals surface area contributed by atoms with E-state index in [0.29, 0.717) is 6.42 Å². The average molecular weight is 224 g/mol. The molecule has 1 rings (SSSR count). The summed E-state index contributed by atoms with van der Waals surface area (Å²) in [6.07, 6.45) is 10.0. The van der Waals surface area contributed by atoms with Gasteiger partial charge in [0.25, 0.3) is 0 Å². The van der Waals surface area contributed by atoms with Crippen LogP contribution in [0.3, 0.4) is 0 Å². The summed E-state index contributed by atoms with van der Waals surface area (Å²) in [5, 5.41) is 8.68. The van der Waals surface area contributed by atoms with E-state index in [4.69, 9.17) is 5.26 Å². The van der Waals surface area contributed by atoms with E-state index in [9.17, 15) is 4.79 Å². The monoisotopic (exact) mass is 224 g/mol. The Morgan fingerprint density at radius 3 is 2.62 bits per heavy atom. The lowest BCUT2D eigenvalue weighted by Gasteiger charge is -2.42. The van der Waals surface area contributed by atoms with Crippen LogP contribution in [0.4, 0.5) is 0 Å². The van der Waals surface area contributed by atoms with Crippen molar-refractivity contribution in [2.75, 3.05) is 0 Å². The maximum absolute atomic E-state index is 11.9. The minimum atomic E-state index is -0.744. The van der Waals surface area contributed by atoms with Gasteiger partial charge in [0.05, 0.1) is 5.41 Å². The highest BCUT2D eigenvalue weighted by atomic mass is 17.1. The van der Waals surface area contributed by atoms with Crippen molar-refractivity contribution in [2.45, 2.75) is 40.0 Å². The van der Waals surface area contributed by atoms with Gasteiger partial charge in [-0.15, -0.1) is 0 Å². The molecule has 0 saturated heterocycles. The highest BCUT2D eigenvalue weighted by molar-refractivity contribution is 5.80. The van der Waals surface area contributed by atoms with Crippen molar-refractivity contribution >= 4 is 5.97 Å². The minimum absolute atomic E-state index is 0.233. The van der Waals surface area contributed by atoms with E-state index in [1.807, 2.05) is 38.2 Å². The summed E-state index contributed by atoms with van der Waals surface area (Å²) in [7, 11) is 0. The van der Waals surface area contributed by atoms with Gasteiger partial charge in [0.1, 0.15) is 0 Å². The fourth-order valence-electron chi connectivity index (χ4n) is 2.48. The molecule has 0 amide bonds. The van der Waals surface area contributed by atoms with Crippen molar-refractivity contribution in [1.29, 1.82) is 0 Å². The molecular formula is C13H20O3. The lowest BCUT2D eigenvalue weighted by molar-refractivity contribution is -0.248. The number of hydrogen-bond acceptors (Lipinski definition) is 3. The summed E-state index contributed by atoms with van der Waals surface area (Å²) in [5.74, 6) is -0.563. The Morgan fingerprint density at radius 1 is 1.50 bits per heavy atom. The molecule has 0 aromatic carbocycles. The van der Waals surface area contributed by atoms with Gasteiger partial charge in [-0.25, -0.2) is 4.79 Å². The predicted molar refractivity (Wildman–Crippen MR) is 62.7 cm³/mol. The number of allylic oxidation sites excluding steroid dienone is 3. The number of rotatable bonds is 4. The molecule has 0 saturated carbocycles. The molecule has 0 aromatic heterocycles. The van der Waals surface area contributed by atoms with E-state index < -0.39 is 11.4 Å². The zero-order chi connectivity index (χ0) is 12.2. The average Bonchev–Trinajstić information content (AvgIpc) is 2.28. The molecule has 1 atom stereocenters. The van der Waals surface area contributed by atoms with Gasteiger partial charge < -0.3 is 4.89 Å². The fraction of sp³-hybridized carbons (Fsp3) is 0.615. The first kappa shape index (κ1) is 13.0. The Labute approximate surface area is 96.7 Å². The molecule has 0 spiro atoms. The van der Waals surface area contributed by atoms with Crippen LogP contribution in [0.25, 0.3) is 0 Å². The van der Waals surface area contributed by atoms with Crippen molar-refractivity contribution in [3.63, 3.8) is 0 Å². The second-order valence-electron chi connectivity index (χ2n) is 4.98. The van der Waals surface area contributed by atoms with E-state index in [0.717, 1.165) is 12.8 Å². The molecule has 3 heteroatoms. The maximum Gasteiger partial charge on any atom is 0.352 e. The van der Waals surface area contributed by atoms with Gasteiger partial charge >= 0.3 is 5.97 Å². The first-order chi connectivity index (χ1) is 7.50. The summed E-state index contributed by atoms with van der Waals surface area (Å²) in [6, 6.07) is 0. The van der Waals surface area contributed by atoms with Crippen LogP contribution in [0.2, 0.25) is 0 Å². The summed E-state index contributed by atoms with van der Waals surface area (Å²) in [6.45, 7) is 6.16. The Kier molecular flexibility index (Phi) is 3.92. The van der Waals surface area contributed by atoms with E-state index in [1.165, 1.54) is 0 Å². The van der Waals surface area contributed by atoms with E-state index >= 15 is 0 Å². The standard InChI is InChI=1S/C13H20O3/c1-4-8-12(2,3)13(11(14)16-15)9-6-5-7-10-13/h5-7,9,15H,4,8,10H2,1-3H3. The first-order valence-corrected chi connectivity index (χ1v) is 5.70. The summed E-state index contributed by atoms with van der Waals surface area (Å²) in [5.41, 5.74) is -0.977. The second kappa shape index (κ2) is 4.83. The van der Waals surface area contributed by atoms with Crippen LogP contribution in [0.5, 0.6) is 0 Å². The molecule has 90 valence electrons. The first-order valence-electron chi connectivity index (χ1n) is 5.70. The molecule has 0 fully saturated rings. The summed E-state index contributed by atoms with van der Waals surface area (Å²) in [4.78, 5) is 15.9. The van der Waals surface area contributed by atoms with Gasteiger partial charge in [-0.05, 0) is 18.3 Å². The van der Waals surface area contributed by atoms with Gasteiger partial charge in [-0.2, -0.15) is 5.26 Å². The molecule has 0 radical (unpaired) electrons. The molecule has 3 nitrogen and oxygen atoms in total. The van der Waals surface area contributed by atoms with Crippen molar-refractivity contribution in [3.8, 4) is 0 Å². The Hall–Kier alpha value is -1.09. The van der Waals surface area contributed by atoms with Crippen LogP contribution < -0.4 is 0 Å². The van der Waals surface area contributed by atoms with Gasteiger partial charge in [-0.3, -0.25) is 0 Å². The smallest absolute Gasteiger partial charge is 0.300 e. The van der Waals surface area contributed by atoms with Crippen LogP contribution >= 0.6 is 0 Å². The van der Waals surface area contributed by atoms with Crippen LogP contribution in [0, 0.1) is 10.8 Å². The van der Waals surface area contributed by atoms with Crippen LogP contribution in [0.15, 0.2) is 24.3 Å². The van der Waals surface area contributed by atoms with Crippen LogP contribution in [-0.4, -0.2) is 11.2 Å². The number of carbonyl (C=O) groups is 1. The lowest BCUT2D eigenvalue weighted by Crippen LogP contribution is -2.44. The van der Waals surface area contributed by atoms with Crippen LogP contribution in [-0.2, 0) is 9.68 Å². The van der Waals surface area contributed by atoms with Gasteiger partial charge in [0, 0.05) is 0 Å². The second-order valence-corrected chi connectivity index (χ2v) is 4.98. The minimum Gasteiger partial charge on any atom is -0.300 e. The van der Waals surface area contributed by atoms with E-state index in [1.54, 1.807) is 0 Å².